The molecule has 0 spiro atoms. The molecule has 32 heteroatoms. The standard InChI is InChI=1S/C21H45O7P.C18H40NO5P.C18H38NO5P.C13H29O7P.C10H22.HPS/c1-2-3-4-5-6-7-8-9-10-11-12-13-14-15-16-17-21(23)27-18-20(22)19-28-29(24,25)26;2*1-2-3-4-5-6-7-8-9-10-11-12-13-14-15-18(20)17(19)16-24-25(21,22)23;1-2-3-4-5-6-7-8-9-13(15)19-10-12(14)11-20-21(16,17)18;1-3-5-7-9-10-8-6-4-2;1-2/h20-23H,2-19H2,1H3,(H2,24,25,26);17-18,20H,2-16,19H2,1H3,(H2,21,22,23);14-15,17-18,20H,2-13,16,19H2,1H3,(H2,21,22,23);12-15H,2-11H2,1H3,(H2,16,17,18);3-10H2,1-2H3;1H/b;;15-14-;;;/t20-,21+;2*17-,18+;12-,13+;;/m1001../s1. The van der Waals surface area contributed by atoms with Crippen LogP contribution >= 0.6 is 39.3 Å². The average molecular weight is 1740 g/mol. The summed E-state index contributed by atoms with van der Waals surface area (Å²) in [6, 6.07) is -1.61. The summed E-state index contributed by atoms with van der Waals surface area (Å²) in [7, 11) is -15.7. The van der Waals surface area contributed by atoms with Gasteiger partial charge in [0, 0.05) is 0 Å². The van der Waals surface area contributed by atoms with Crippen molar-refractivity contribution in [1.29, 1.82) is 0 Å². The van der Waals surface area contributed by atoms with Crippen molar-refractivity contribution in [2.45, 2.75) is 463 Å². The number of phosphoric acid groups is 4. The molecule has 0 aromatic rings. The van der Waals surface area contributed by atoms with Gasteiger partial charge < -0.3 is 90.7 Å². The van der Waals surface area contributed by atoms with Crippen LogP contribution in [0.3, 0.4) is 0 Å². The van der Waals surface area contributed by atoms with Gasteiger partial charge >= 0.3 is 31.3 Å². The van der Waals surface area contributed by atoms with Crippen molar-refractivity contribution in [1.82, 2.24) is 0 Å². The third-order valence-electron chi connectivity index (χ3n) is 18.6. The molecule has 0 aromatic carbocycles. The van der Waals surface area contributed by atoms with E-state index in [0.717, 1.165) is 70.6 Å². The molecule has 680 valence electrons. The van der Waals surface area contributed by atoms with E-state index >= 15 is 0 Å². The fourth-order valence-electron chi connectivity index (χ4n) is 11.7. The number of aliphatic hydroxyl groups is 6. The second kappa shape index (κ2) is 93.6. The van der Waals surface area contributed by atoms with E-state index in [0.29, 0.717) is 19.3 Å². The van der Waals surface area contributed by atoms with Crippen LogP contribution in [0.2, 0.25) is 0 Å². The minimum atomic E-state index is -4.59. The summed E-state index contributed by atoms with van der Waals surface area (Å²) in [5, 5.41) is 57.6. The predicted octanol–water partition coefficient (Wildman–Crippen LogP) is 20.0. The molecular formula is C80H175N2O24P5S. The van der Waals surface area contributed by atoms with Gasteiger partial charge in [-0.15, -0.1) is 0 Å². The molecule has 0 saturated carbocycles. The second-order valence-corrected chi connectivity index (χ2v) is 34.9. The first-order valence-electron chi connectivity index (χ1n) is 43.8. The van der Waals surface area contributed by atoms with E-state index < -0.39 is 93.6 Å². The highest BCUT2D eigenvalue weighted by atomic mass is 32.4. The monoisotopic (exact) mass is 1740 g/mol. The van der Waals surface area contributed by atoms with Crippen molar-refractivity contribution >= 4 is 51.1 Å². The van der Waals surface area contributed by atoms with Gasteiger partial charge in [0.1, 0.15) is 12.2 Å². The molecule has 0 aliphatic carbocycles. The summed E-state index contributed by atoms with van der Waals surface area (Å²) in [4.78, 5) is 68.3. The minimum absolute atomic E-state index is 0.222. The van der Waals surface area contributed by atoms with Gasteiger partial charge in [0.15, 0.2) is 12.6 Å². The van der Waals surface area contributed by atoms with E-state index in [9.17, 15) is 48.9 Å². The number of nitrogens with two attached hydrogens (primary N) is 2. The summed E-state index contributed by atoms with van der Waals surface area (Å²) < 4.78 is 69.0. The fourth-order valence-corrected chi connectivity index (χ4v) is 13.2. The molecule has 0 aromatic heterocycles. The topological polar surface area (TPSA) is 459 Å². The van der Waals surface area contributed by atoms with Gasteiger partial charge in [0.2, 0.25) is 0 Å². The van der Waals surface area contributed by atoms with Crippen LogP contribution in [-0.2, 0) is 57.6 Å². The lowest BCUT2D eigenvalue weighted by Crippen LogP contribution is -2.38. The van der Waals surface area contributed by atoms with E-state index in [4.69, 9.17) is 60.1 Å². The first-order valence-corrected chi connectivity index (χ1v) is 51.6. The highest BCUT2D eigenvalue weighted by Crippen LogP contribution is 2.38. The zero-order chi connectivity index (χ0) is 85.5. The lowest BCUT2D eigenvalue weighted by atomic mass is 10.0. The summed E-state index contributed by atoms with van der Waals surface area (Å²) >= 11 is 3.89. The van der Waals surface area contributed by atoms with Gasteiger partial charge in [-0.2, -0.15) is 0 Å². The maximum atomic E-state index is 10.6. The molecule has 112 heavy (non-hydrogen) atoms. The van der Waals surface area contributed by atoms with Crippen LogP contribution in [0.25, 0.3) is 0 Å². The summed E-state index contributed by atoms with van der Waals surface area (Å²) in [6.07, 6.45) is 69.3. The predicted molar refractivity (Wildman–Crippen MR) is 463 cm³/mol. The number of ether oxygens (including phenoxy) is 2. The van der Waals surface area contributed by atoms with Gasteiger partial charge in [-0.1, -0.05) is 393 Å². The van der Waals surface area contributed by atoms with Crippen molar-refractivity contribution in [3.05, 3.63) is 12.2 Å². The molecule has 26 nitrogen and oxygen atoms in total. The molecule has 8 atom stereocenters. The normalized spacial score (nSPS) is 14.1. The number of unbranched alkanes of at least 4 members (excludes halogenated alkanes) is 50. The molecule has 0 amide bonds. The summed E-state index contributed by atoms with van der Waals surface area (Å²) in [5.74, 6) is 0. The number of aliphatic hydroxyl groups excluding tert-OH is 6. The molecular weight excluding hydrogens is 1560 g/mol. The van der Waals surface area contributed by atoms with E-state index in [-0.39, 0.29) is 26.4 Å². The first kappa shape index (κ1) is 123. The maximum absolute atomic E-state index is 10.6. The third kappa shape index (κ3) is 119. The molecule has 0 rings (SSSR count). The average Bonchev–Trinajstić information content (AvgIpc) is 0.879. The molecule has 0 heterocycles. The number of rotatable bonds is 78. The Morgan fingerprint density at radius 3 is 0.714 bits per heavy atom. The van der Waals surface area contributed by atoms with E-state index in [1.165, 1.54) is 283 Å². The summed E-state index contributed by atoms with van der Waals surface area (Å²) in [5.41, 5.74) is 11.3. The van der Waals surface area contributed by atoms with Crippen LogP contribution < -0.4 is 11.5 Å². The van der Waals surface area contributed by atoms with E-state index in [2.05, 4.69) is 79.5 Å². The van der Waals surface area contributed by atoms with Gasteiger partial charge in [0.25, 0.3) is 0 Å². The molecule has 0 radical (unpaired) electrons. The largest absolute Gasteiger partial charge is 0.469 e. The molecule has 0 bridgehead atoms. The van der Waals surface area contributed by atoms with Crippen molar-refractivity contribution in [3.8, 4) is 0 Å². The Bertz CT molecular complexity index is 2070. The smallest absolute Gasteiger partial charge is 0.391 e. The molecule has 0 aliphatic heterocycles. The number of allylic oxidation sites excluding steroid dienone is 1. The molecule has 0 saturated heterocycles. The van der Waals surface area contributed by atoms with Crippen LogP contribution in [0.1, 0.15) is 414 Å². The Labute approximate surface area is 689 Å². The minimum Gasteiger partial charge on any atom is -0.391 e. The molecule has 18 N–H and O–H groups in total. The zero-order valence-corrected chi connectivity index (χ0v) is 76.6. The van der Waals surface area contributed by atoms with E-state index in [1.54, 1.807) is 6.08 Å². The fraction of sp³-hybridized carbons (Fsp3) is 0.975. The SMILES string of the molecule is CCCCCCCCCC.CCCCCCCCCCCCC/C=C\[C@@H](O)[C@@H](N)COP(=O)(O)O.CCCCCCCCCCCCCCCCC[C@@H](O)OC[C@@H](O)COP(=O)(O)O.CCCCCCCCCCCCCCC[C@@H](O)[C@@H](N)COP(=O)(O)O.CCCCCCCCC[C@@H](O)OC[C@@H](O)COP(=O)(O)O.P=S. The number of phosphoric ester groups is 4. The van der Waals surface area contributed by atoms with Crippen molar-refractivity contribution in [2.75, 3.05) is 39.6 Å². The third-order valence-corrected chi connectivity index (χ3v) is 20.6. The van der Waals surface area contributed by atoms with Crippen molar-refractivity contribution < 1.29 is 116 Å². The second-order valence-electron chi connectivity index (χ2n) is 30.0. The lowest BCUT2D eigenvalue weighted by molar-refractivity contribution is -0.129. The molecule has 0 aliphatic rings. The van der Waals surface area contributed by atoms with Gasteiger partial charge in [-0.25, -0.2) is 18.3 Å². The van der Waals surface area contributed by atoms with Crippen molar-refractivity contribution in [3.63, 3.8) is 0 Å². The maximum Gasteiger partial charge on any atom is 0.469 e. The Hall–Kier alpha value is 0.300. The van der Waals surface area contributed by atoms with E-state index in [1.807, 2.05) is 6.08 Å². The zero-order valence-electron chi connectivity index (χ0n) is 71.2. The van der Waals surface area contributed by atoms with Crippen LogP contribution in [0, 0.1) is 0 Å². The quantitative estimate of drug-likeness (QED) is 0.0116. The first-order chi connectivity index (χ1) is 53.3. The van der Waals surface area contributed by atoms with Gasteiger partial charge in [-0.3, -0.25) is 18.1 Å². The molecule has 0 unspecified atom stereocenters. The van der Waals surface area contributed by atoms with Crippen LogP contribution in [0.5, 0.6) is 0 Å². The Morgan fingerprint density at radius 1 is 0.286 bits per heavy atom. The number of hydrogen-bond acceptors (Lipinski definition) is 19. The summed E-state index contributed by atoms with van der Waals surface area (Å²) in [6.45, 7) is 11.2. The van der Waals surface area contributed by atoms with Crippen LogP contribution in [-0.4, -0.2) is 159 Å². The highest BCUT2D eigenvalue weighted by Gasteiger charge is 2.23. The molecule has 0 fully saturated rings. The Kier molecular flexibility index (Phi) is 103. The van der Waals surface area contributed by atoms with Crippen LogP contribution in [0.4, 0.5) is 0 Å². The van der Waals surface area contributed by atoms with Gasteiger partial charge in [-0.05, 0) is 53.0 Å². The Balaban J connectivity index is -0.000000320. The number of hydrogen-bond donors (Lipinski definition) is 16. The van der Waals surface area contributed by atoms with Gasteiger partial charge in [0.05, 0.1) is 63.9 Å². The highest BCUT2D eigenvalue weighted by molar-refractivity contribution is 7.88. The lowest BCUT2D eigenvalue weighted by Gasteiger charge is -2.18. The Morgan fingerprint density at radius 2 is 0.482 bits per heavy atom. The van der Waals surface area contributed by atoms with Crippen LogP contribution in [0.15, 0.2) is 12.2 Å². The van der Waals surface area contributed by atoms with Crippen molar-refractivity contribution in [2.24, 2.45) is 11.5 Å².